The van der Waals surface area contributed by atoms with Gasteiger partial charge in [0.1, 0.15) is 30.3 Å². The third-order valence-corrected chi connectivity index (χ3v) is 4.01. The van der Waals surface area contributed by atoms with E-state index in [0.29, 0.717) is 11.3 Å². The predicted molar refractivity (Wildman–Crippen MR) is 98.7 cm³/mol. The molecule has 8 heteroatoms. The number of phenols is 2. The summed E-state index contributed by atoms with van der Waals surface area (Å²) >= 11 is 0. The zero-order valence-corrected chi connectivity index (χ0v) is 15.3. The number of carbonyl (C=O) groups is 1. The molecular weight excluding hydrogens is 352 g/mol. The van der Waals surface area contributed by atoms with Gasteiger partial charge in [-0.25, -0.2) is 10.2 Å². The molecule has 0 radical (unpaired) electrons. The number of esters is 1. The van der Waals surface area contributed by atoms with Crippen LogP contribution in [0.5, 0.6) is 23.0 Å². The Morgan fingerprint density at radius 2 is 1.74 bits per heavy atom. The first-order valence-electron chi connectivity index (χ1n) is 8.30. The monoisotopic (exact) mass is 376 g/mol. The Morgan fingerprint density at radius 3 is 2.33 bits per heavy atom. The summed E-state index contributed by atoms with van der Waals surface area (Å²) < 4.78 is 15.8. The Morgan fingerprint density at radius 1 is 1.07 bits per heavy atom. The molecule has 0 bridgehead atoms. The number of ether oxygens (including phenoxy) is 3. The number of aromatic hydroxyl groups is 2. The van der Waals surface area contributed by atoms with Gasteiger partial charge in [-0.2, -0.15) is 0 Å². The van der Waals surface area contributed by atoms with Gasteiger partial charge in [0.25, 0.3) is 0 Å². The van der Waals surface area contributed by atoms with Crippen molar-refractivity contribution in [1.29, 1.82) is 0 Å². The van der Waals surface area contributed by atoms with Crippen LogP contribution in [0, 0.1) is 0 Å². The van der Waals surface area contributed by atoms with E-state index < -0.39 is 11.5 Å². The summed E-state index contributed by atoms with van der Waals surface area (Å²) in [4.78, 5) is 12.4. The highest BCUT2D eigenvalue weighted by Crippen LogP contribution is 2.27. The Bertz CT molecular complexity index is 765. The maximum absolute atomic E-state index is 12.4. The van der Waals surface area contributed by atoms with Crippen molar-refractivity contribution in [1.82, 2.24) is 5.43 Å². The predicted octanol–water partition coefficient (Wildman–Crippen LogP) is 1.49. The minimum absolute atomic E-state index is 0.0446. The van der Waals surface area contributed by atoms with E-state index in [1.165, 1.54) is 12.1 Å². The molecule has 0 amide bonds. The third kappa shape index (κ3) is 5.50. The van der Waals surface area contributed by atoms with E-state index in [2.05, 4.69) is 5.43 Å². The van der Waals surface area contributed by atoms with Gasteiger partial charge in [0.2, 0.25) is 0 Å². The summed E-state index contributed by atoms with van der Waals surface area (Å²) in [5.41, 5.74) is 1.86. The van der Waals surface area contributed by atoms with Gasteiger partial charge in [-0.3, -0.25) is 5.84 Å². The lowest BCUT2D eigenvalue weighted by Gasteiger charge is -2.26. The van der Waals surface area contributed by atoms with Crippen LogP contribution >= 0.6 is 0 Å². The standard InChI is InChI=1S/C19H24N2O6/c1-19(21-20,12-13-3-8-16(22)17(23)11-13)18(24)27-10-9-26-15-6-4-14(25-2)5-7-15/h3-8,11,21-23H,9-10,12,20H2,1-2H3. The van der Waals surface area contributed by atoms with E-state index >= 15 is 0 Å². The summed E-state index contributed by atoms with van der Waals surface area (Å²) in [6.07, 6.45) is 0.162. The smallest absolute Gasteiger partial charge is 0.327 e. The first-order valence-corrected chi connectivity index (χ1v) is 8.30. The number of hydrogen-bond donors (Lipinski definition) is 4. The fraction of sp³-hybridized carbons (Fsp3) is 0.316. The molecule has 2 aromatic rings. The number of phenolic OH excluding ortho intramolecular Hbond substituents is 2. The zero-order chi connectivity index (χ0) is 19.9. The van der Waals surface area contributed by atoms with Crippen molar-refractivity contribution in [3.63, 3.8) is 0 Å². The number of rotatable bonds is 9. The maximum atomic E-state index is 12.4. The number of hydrogen-bond acceptors (Lipinski definition) is 8. The fourth-order valence-corrected chi connectivity index (χ4v) is 2.39. The largest absolute Gasteiger partial charge is 0.504 e. The Kier molecular flexibility index (Phi) is 6.86. The van der Waals surface area contributed by atoms with E-state index in [9.17, 15) is 15.0 Å². The Labute approximate surface area is 157 Å². The van der Waals surface area contributed by atoms with Gasteiger partial charge in [-0.1, -0.05) is 6.07 Å². The number of nitrogens with two attached hydrogens (primary N) is 1. The van der Waals surface area contributed by atoms with Gasteiger partial charge in [-0.15, -0.1) is 0 Å². The maximum Gasteiger partial charge on any atom is 0.327 e. The average Bonchev–Trinajstić information content (AvgIpc) is 2.68. The van der Waals surface area contributed by atoms with Gasteiger partial charge in [0, 0.05) is 6.42 Å². The highest BCUT2D eigenvalue weighted by molar-refractivity contribution is 5.80. The lowest BCUT2D eigenvalue weighted by atomic mass is 9.93. The molecule has 0 fully saturated rings. The molecule has 0 aliphatic heterocycles. The molecule has 27 heavy (non-hydrogen) atoms. The normalized spacial score (nSPS) is 12.9. The van der Waals surface area contributed by atoms with Crippen LogP contribution < -0.4 is 20.7 Å². The summed E-state index contributed by atoms with van der Waals surface area (Å²) in [6, 6.07) is 11.3. The number of hydrazine groups is 1. The number of nitrogens with one attached hydrogen (secondary N) is 1. The van der Waals surface area contributed by atoms with Crippen LogP contribution in [0.2, 0.25) is 0 Å². The van der Waals surface area contributed by atoms with Crippen molar-refractivity contribution in [3.05, 3.63) is 48.0 Å². The number of methoxy groups -OCH3 is 1. The molecule has 1 unspecified atom stereocenters. The molecule has 0 spiro atoms. The molecule has 0 saturated carbocycles. The van der Waals surface area contributed by atoms with Gasteiger partial charge < -0.3 is 24.4 Å². The lowest BCUT2D eigenvalue weighted by molar-refractivity contribution is -0.151. The van der Waals surface area contributed by atoms with Gasteiger partial charge in [0.15, 0.2) is 11.5 Å². The average molecular weight is 376 g/mol. The van der Waals surface area contributed by atoms with Crippen LogP contribution in [0.25, 0.3) is 0 Å². The quantitative estimate of drug-likeness (QED) is 0.171. The second-order valence-corrected chi connectivity index (χ2v) is 6.14. The molecular formula is C19H24N2O6. The lowest BCUT2D eigenvalue weighted by Crippen LogP contribution is -2.55. The minimum Gasteiger partial charge on any atom is -0.504 e. The fourth-order valence-electron chi connectivity index (χ4n) is 2.39. The van der Waals surface area contributed by atoms with Crippen LogP contribution in [0.3, 0.4) is 0 Å². The SMILES string of the molecule is COc1ccc(OCCOC(=O)C(C)(Cc2ccc(O)c(O)c2)NN)cc1. The van der Waals surface area contributed by atoms with E-state index in [-0.39, 0.29) is 31.1 Å². The summed E-state index contributed by atoms with van der Waals surface area (Å²) in [7, 11) is 1.58. The van der Waals surface area contributed by atoms with Crippen LogP contribution in [-0.2, 0) is 16.0 Å². The highest BCUT2D eigenvalue weighted by atomic mass is 16.6. The molecule has 0 aromatic heterocycles. The van der Waals surface area contributed by atoms with Crippen LogP contribution in [0.4, 0.5) is 0 Å². The molecule has 5 N–H and O–H groups in total. The summed E-state index contributed by atoms with van der Waals surface area (Å²) in [5, 5.41) is 19.0. The van der Waals surface area contributed by atoms with Crippen molar-refractivity contribution in [2.45, 2.75) is 18.9 Å². The van der Waals surface area contributed by atoms with Crippen molar-refractivity contribution >= 4 is 5.97 Å². The van der Waals surface area contributed by atoms with Gasteiger partial charge >= 0.3 is 5.97 Å². The van der Waals surface area contributed by atoms with Crippen LogP contribution in [0.15, 0.2) is 42.5 Å². The van der Waals surface area contributed by atoms with E-state index in [4.69, 9.17) is 20.1 Å². The van der Waals surface area contributed by atoms with Crippen LogP contribution in [0.1, 0.15) is 12.5 Å². The first kappa shape index (κ1) is 20.3. The zero-order valence-electron chi connectivity index (χ0n) is 15.3. The molecule has 0 saturated heterocycles. The molecule has 1 atom stereocenters. The summed E-state index contributed by atoms with van der Waals surface area (Å²) in [6.45, 7) is 1.81. The molecule has 2 rings (SSSR count). The van der Waals surface area contributed by atoms with Crippen molar-refractivity contribution in [2.24, 2.45) is 5.84 Å². The number of carbonyl (C=O) groups excluding carboxylic acids is 1. The second-order valence-electron chi connectivity index (χ2n) is 6.14. The Hall–Kier alpha value is -2.97. The minimum atomic E-state index is -1.20. The Balaban J connectivity index is 1.86. The van der Waals surface area contributed by atoms with E-state index in [1.54, 1.807) is 44.4 Å². The third-order valence-electron chi connectivity index (χ3n) is 4.01. The molecule has 0 aliphatic carbocycles. The van der Waals surface area contributed by atoms with Gasteiger partial charge in [0.05, 0.1) is 7.11 Å². The molecule has 2 aromatic carbocycles. The first-order chi connectivity index (χ1) is 12.9. The molecule has 0 heterocycles. The summed E-state index contributed by atoms with van der Waals surface area (Å²) in [5.74, 6) is 5.83. The molecule has 0 aliphatic rings. The van der Waals surface area contributed by atoms with Crippen molar-refractivity contribution in [2.75, 3.05) is 20.3 Å². The molecule has 146 valence electrons. The second kappa shape index (κ2) is 9.11. The topological polar surface area (TPSA) is 123 Å². The van der Waals surface area contributed by atoms with Gasteiger partial charge in [-0.05, 0) is 48.9 Å². The van der Waals surface area contributed by atoms with Crippen molar-refractivity contribution in [3.8, 4) is 23.0 Å². The van der Waals surface area contributed by atoms with E-state index in [0.717, 1.165) is 5.75 Å². The number of benzene rings is 2. The molecule has 8 nitrogen and oxygen atoms in total. The van der Waals surface area contributed by atoms with Crippen molar-refractivity contribution < 1.29 is 29.2 Å². The van der Waals surface area contributed by atoms with E-state index in [1.807, 2.05) is 0 Å². The van der Waals surface area contributed by atoms with Crippen LogP contribution in [-0.4, -0.2) is 42.0 Å². The highest BCUT2D eigenvalue weighted by Gasteiger charge is 2.34.